The summed E-state index contributed by atoms with van der Waals surface area (Å²) < 4.78 is 9.88. The first-order valence-corrected chi connectivity index (χ1v) is 8.58. The van der Waals surface area contributed by atoms with Crippen LogP contribution < -0.4 is 15.2 Å². The number of oxime groups is 1. The van der Waals surface area contributed by atoms with Crippen molar-refractivity contribution in [3.8, 4) is 11.5 Å². The van der Waals surface area contributed by atoms with Gasteiger partial charge in [0.1, 0.15) is 5.69 Å². The van der Waals surface area contributed by atoms with Crippen molar-refractivity contribution in [3.05, 3.63) is 34.8 Å². The van der Waals surface area contributed by atoms with E-state index < -0.39 is 24.3 Å². The van der Waals surface area contributed by atoms with Crippen molar-refractivity contribution in [1.82, 2.24) is 4.98 Å². The van der Waals surface area contributed by atoms with E-state index in [9.17, 15) is 19.2 Å². The van der Waals surface area contributed by atoms with Crippen molar-refractivity contribution in [2.45, 2.75) is 13.8 Å². The van der Waals surface area contributed by atoms with Gasteiger partial charge in [0.15, 0.2) is 35.2 Å². The predicted molar refractivity (Wildman–Crippen MR) is 98.5 cm³/mol. The number of carbonyl (C=O) groups excluding carboxylic acids is 4. The molecule has 0 saturated carbocycles. The molecule has 0 bridgehead atoms. The lowest BCUT2D eigenvalue weighted by Crippen LogP contribution is -2.12. The van der Waals surface area contributed by atoms with Gasteiger partial charge < -0.3 is 20.0 Å². The van der Waals surface area contributed by atoms with Gasteiger partial charge >= 0.3 is 11.9 Å². The molecule has 1 aromatic heterocycles. The first kappa shape index (κ1) is 20.7. The normalized spacial score (nSPS) is 10.9. The summed E-state index contributed by atoms with van der Waals surface area (Å²) in [6.45, 7) is 1.85. The molecule has 11 heteroatoms. The Kier molecular flexibility index (Phi) is 6.93. The number of nitrogens with zero attached hydrogens (tertiary/aromatic N) is 2. The van der Waals surface area contributed by atoms with Crippen LogP contribution in [0.3, 0.4) is 0 Å². The number of Topliss-reactive ketones (excluding diaryl/α,β-unsaturated/α-hetero) is 1. The Balaban J connectivity index is 2.12. The van der Waals surface area contributed by atoms with Gasteiger partial charge in [0.05, 0.1) is 0 Å². The number of carbonyl (C=O) groups is 4. The zero-order valence-corrected chi connectivity index (χ0v) is 15.6. The molecule has 0 aliphatic rings. The molecule has 0 aliphatic carbocycles. The van der Waals surface area contributed by atoms with Gasteiger partial charge in [-0.15, -0.1) is 11.3 Å². The minimum Gasteiger partial charge on any atom is -0.423 e. The number of hydrogen-bond donors (Lipinski definition) is 1. The molecule has 0 saturated heterocycles. The third-order valence-corrected chi connectivity index (χ3v) is 3.70. The average molecular weight is 405 g/mol. The number of hydrogen-bond acceptors (Lipinski definition) is 11. The number of nitrogens with two attached hydrogens (primary N) is 1. The van der Waals surface area contributed by atoms with Gasteiger partial charge in [-0.3, -0.25) is 19.2 Å². The number of rotatable bonds is 8. The topological polar surface area (TPSA) is 147 Å². The molecule has 2 aromatic rings. The zero-order valence-electron chi connectivity index (χ0n) is 14.8. The second kappa shape index (κ2) is 9.37. The van der Waals surface area contributed by atoms with E-state index >= 15 is 0 Å². The largest absolute Gasteiger partial charge is 0.423 e. The van der Waals surface area contributed by atoms with Crippen LogP contribution in [0.4, 0.5) is 5.13 Å². The summed E-state index contributed by atoms with van der Waals surface area (Å²) in [5, 5.41) is 5.36. The molecule has 0 spiro atoms. The number of ketones is 1. The molecule has 0 amide bonds. The molecule has 2 N–H and O–H groups in total. The van der Waals surface area contributed by atoms with Crippen molar-refractivity contribution in [2.24, 2.45) is 5.16 Å². The van der Waals surface area contributed by atoms with Gasteiger partial charge in [-0.25, -0.2) is 4.98 Å². The zero-order chi connectivity index (χ0) is 20.7. The Morgan fingerprint density at radius 3 is 2.43 bits per heavy atom. The van der Waals surface area contributed by atoms with Crippen LogP contribution in [-0.4, -0.2) is 41.3 Å². The number of aldehydes is 1. The van der Waals surface area contributed by atoms with Gasteiger partial charge in [0.2, 0.25) is 5.78 Å². The van der Waals surface area contributed by atoms with Crippen LogP contribution in [0.25, 0.3) is 0 Å². The molecule has 1 aromatic carbocycles. The number of thiazole rings is 1. The first-order chi connectivity index (χ1) is 13.3. The van der Waals surface area contributed by atoms with Crippen LogP contribution in [0.15, 0.2) is 28.7 Å². The Morgan fingerprint density at radius 2 is 1.86 bits per heavy atom. The molecule has 28 heavy (non-hydrogen) atoms. The fourth-order valence-corrected chi connectivity index (χ4v) is 2.49. The molecule has 10 nitrogen and oxygen atoms in total. The molecular weight excluding hydrogens is 390 g/mol. The average Bonchev–Trinajstić information content (AvgIpc) is 3.05. The fraction of sp³-hybridized carbons (Fsp3) is 0.176. The molecule has 2 rings (SSSR count). The number of esters is 2. The predicted octanol–water partition coefficient (Wildman–Crippen LogP) is 1.38. The Hall–Kier alpha value is -3.60. The Labute approximate surface area is 162 Å². The third-order valence-electron chi connectivity index (χ3n) is 3.03. The lowest BCUT2D eigenvalue weighted by Gasteiger charge is -2.10. The van der Waals surface area contributed by atoms with Gasteiger partial charge in [-0.1, -0.05) is 5.16 Å². The maximum Gasteiger partial charge on any atom is 0.308 e. The van der Waals surface area contributed by atoms with Crippen molar-refractivity contribution >= 4 is 46.2 Å². The van der Waals surface area contributed by atoms with Gasteiger partial charge in [-0.05, 0) is 18.2 Å². The summed E-state index contributed by atoms with van der Waals surface area (Å²) in [5.74, 6) is -1.90. The summed E-state index contributed by atoms with van der Waals surface area (Å²) in [7, 11) is 0. The number of benzene rings is 1. The van der Waals surface area contributed by atoms with E-state index in [-0.39, 0.29) is 33.6 Å². The van der Waals surface area contributed by atoms with Crippen LogP contribution in [0.5, 0.6) is 11.5 Å². The van der Waals surface area contributed by atoms with Crippen molar-refractivity contribution in [2.75, 3.05) is 12.3 Å². The Morgan fingerprint density at radius 1 is 1.18 bits per heavy atom. The van der Waals surface area contributed by atoms with E-state index in [2.05, 4.69) is 10.1 Å². The first-order valence-electron chi connectivity index (χ1n) is 7.70. The highest BCUT2D eigenvalue weighted by Gasteiger charge is 2.15. The number of nitrogen functional groups attached to an aromatic ring is 1. The molecule has 0 radical (unpaired) electrons. The van der Waals surface area contributed by atoms with Crippen molar-refractivity contribution in [3.63, 3.8) is 0 Å². The number of ether oxygens (including phenoxy) is 2. The summed E-state index contributed by atoms with van der Waals surface area (Å²) in [6.07, 6.45) is 0.422. The van der Waals surface area contributed by atoms with Gasteiger partial charge in [0.25, 0.3) is 0 Å². The second-order valence-corrected chi connectivity index (χ2v) is 6.10. The summed E-state index contributed by atoms with van der Waals surface area (Å²) in [5.41, 5.74) is 5.72. The molecule has 0 atom stereocenters. The molecule has 0 unspecified atom stereocenters. The maximum atomic E-state index is 12.3. The minimum atomic E-state index is -0.656. The van der Waals surface area contributed by atoms with Crippen molar-refractivity contribution < 1.29 is 33.5 Å². The summed E-state index contributed by atoms with van der Waals surface area (Å²) in [4.78, 5) is 54.5. The van der Waals surface area contributed by atoms with E-state index in [0.717, 1.165) is 18.3 Å². The van der Waals surface area contributed by atoms with Crippen molar-refractivity contribution in [1.29, 1.82) is 0 Å². The minimum absolute atomic E-state index is 0.0115. The molecule has 1 heterocycles. The Bertz CT molecular complexity index is 952. The van der Waals surface area contributed by atoms with Crippen LogP contribution >= 0.6 is 11.3 Å². The fourth-order valence-electron chi connectivity index (χ4n) is 1.93. The lowest BCUT2D eigenvalue weighted by atomic mass is 10.1. The van der Waals surface area contributed by atoms with Crippen LogP contribution in [-0.2, 0) is 19.2 Å². The van der Waals surface area contributed by atoms with Crippen LogP contribution in [0.1, 0.15) is 29.9 Å². The van der Waals surface area contributed by atoms with E-state index in [1.165, 1.54) is 30.5 Å². The number of aromatic nitrogens is 1. The molecule has 0 aliphatic heterocycles. The standard InChI is InChI=1S/C17H15N3O7S/c1-9(22)26-15-4-3-11(5-16(15)27-10(2)23)14(24)7-25-20-12(6-21)13-8-28-17(18)19-13/h3-6,8H,7H2,1-2H3,(H2,18,19). The quantitative estimate of drug-likeness (QED) is 0.172. The SMILES string of the molecule is CC(=O)Oc1ccc(C(=O)CON=C(C=O)c2csc(N)n2)cc1OC(C)=O. The third kappa shape index (κ3) is 5.71. The highest BCUT2D eigenvalue weighted by atomic mass is 32.1. The molecular formula is C17H15N3O7S. The van der Waals surface area contributed by atoms with Gasteiger partial charge in [0, 0.05) is 24.8 Å². The van der Waals surface area contributed by atoms with E-state index in [0.29, 0.717) is 6.29 Å². The molecule has 146 valence electrons. The van der Waals surface area contributed by atoms with E-state index in [1.54, 1.807) is 0 Å². The maximum absolute atomic E-state index is 12.3. The smallest absolute Gasteiger partial charge is 0.308 e. The summed E-state index contributed by atoms with van der Waals surface area (Å²) in [6, 6.07) is 3.91. The second-order valence-electron chi connectivity index (χ2n) is 5.21. The van der Waals surface area contributed by atoms with Gasteiger partial charge in [-0.2, -0.15) is 0 Å². The van der Waals surface area contributed by atoms with E-state index in [1.807, 2.05) is 0 Å². The number of anilines is 1. The summed E-state index contributed by atoms with van der Waals surface area (Å²) >= 11 is 1.12. The highest BCUT2D eigenvalue weighted by Crippen LogP contribution is 2.29. The monoisotopic (exact) mass is 405 g/mol. The van der Waals surface area contributed by atoms with E-state index in [4.69, 9.17) is 20.0 Å². The van der Waals surface area contributed by atoms with Crippen LogP contribution in [0, 0.1) is 0 Å². The molecule has 0 fully saturated rings. The highest BCUT2D eigenvalue weighted by molar-refractivity contribution is 7.13. The van der Waals surface area contributed by atoms with Crippen LogP contribution in [0.2, 0.25) is 0 Å². The lowest BCUT2D eigenvalue weighted by molar-refractivity contribution is -0.134.